The van der Waals surface area contributed by atoms with Gasteiger partial charge in [0.25, 0.3) is 0 Å². The van der Waals surface area contributed by atoms with Gasteiger partial charge in [0.2, 0.25) is 0 Å². The Hall–Kier alpha value is -1.04. The third-order valence-corrected chi connectivity index (χ3v) is 3.17. The number of hydrogen-bond acceptors (Lipinski definition) is 0. The summed E-state index contributed by atoms with van der Waals surface area (Å²) in [5.41, 5.74) is 4.70. The van der Waals surface area contributed by atoms with Crippen LogP contribution in [0.4, 0.5) is 0 Å². The van der Waals surface area contributed by atoms with Crippen molar-refractivity contribution in [1.82, 2.24) is 0 Å². The molecule has 2 aliphatic carbocycles. The van der Waals surface area contributed by atoms with Crippen molar-refractivity contribution in [3.05, 3.63) is 41.5 Å². The topological polar surface area (TPSA) is 0 Å². The van der Waals surface area contributed by atoms with Crippen molar-refractivity contribution in [1.29, 1.82) is 0 Å². The maximum Gasteiger partial charge on any atom is -0.00807 e. The van der Waals surface area contributed by atoms with Crippen molar-refractivity contribution in [3.8, 4) is 0 Å². The van der Waals surface area contributed by atoms with Gasteiger partial charge in [0.1, 0.15) is 0 Å². The van der Waals surface area contributed by atoms with E-state index in [0.717, 1.165) is 11.8 Å². The van der Waals surface area contributed by atoms with Gasteiger partial charge in [-0.2, -0.15) is 0 Å². The van der Waals surface area contributed by atoms with Crippen LogP contribution in [0.25, 0.3) is 5.57 Å². The minimum absolute atomic E-state index is 0.882. The Labute approximate surface area is 72.9 Å². The van der Waals surface area contributed by atoms with E-state index in [1.54, 1.807) is 11.1 Å². The minimum Gasteiger partial charge on any atom is -0.0835 e. The lowest BCUT2D eigenvalue weighted by molar-refractivity contribution is 1.09. The molecule has 12 heavy (non-hydrogen) atoms. The van der Waals surface area contributed by atoms with Crippen molar-refractivity contribution in [2.24, 2.45) is 5.92 Å². The van der Waals surface area contributed by atoms with Gasteiger partial charge in [-0.15, -0.1) is 0 Å². The first-order valence-electron chi connectivity index (χ1n) is 4.67. The molecule has 0 aromatic heterocycles. The van der Waals surface area contributed by atoms with E-state index >= 15 is 0 Å². The number of benzene rings is 1. The van der Waals surface area contributed by atoms with Gasteiger partial charge in [-0.1, -0.05) is 30.3 Å². The first-order chi connectivity index (χ1) is 5.92. The zero-order valence-electron chi connectivity index (χ0n) is 7.25. The largest absolute Gasteiger partial charge is 0.0835 e. The van der Waals surface area contributed by atoms with Gasteiger partial charge < -0.3 is 0 Å². The Bertz CT molecular complexity index is 360. The first-order valence-corrected chi connectivity index (χ1v) is 4.67. The quantitative estimate of drug-likeness (QED) is 0.541. The smallest absolute Gasteiger partial charge is 0.00807 e. The van der Waals surface area contributed by atoms with Crippen molar-refractivity contribution in [3.63, 3.8) is 0 Å². The Morgan fingerprint density at radius 3 is 2.92 bits per heavy atom. The van der Waals surface area contributed by atoms with E-state index in [1.165, 1.54) is 12.0 Å². The van der Waals surface area contributed by atoms with Crippen LogP contribution in [-0.4, -0.2) is 0 Å². The highest BCUT2D eigenvalue weighted by Crippen LogP contribution is 2.62. The molecule has 0 bridgehead atoms. The summed E-state index contributed by atoms with van der Waals surface area (Å²) in [6.07, 6.45) is 3.69. The van der Waals surface area contributed by atoms with Gasteiger partial charge in [-0.05, 0) is 41.9 Å². The summed E-state index contributed by atoms with van der Waals surface area (Å²) in [5, 5.41) is 0. The summed E-state index contributed by atoms with van der Waals surface area (Å²) in [6, 6.07) is 8.85. The predicted molar refractivity (Wildman–Crippen MR) is 50.9 cm³/mol. The molecule has 60 valence electrons. The van der Waals surface area contributed by atoms with Crippen LogP contribution >= 0.6 is 0 Å². The molecule has 1 aromatic rings. The maximum absolute atomic E-state index is 2.29. The van der Waals surface area contributed by atoms with Gasteiger partial charge in [0.05, 0.1) is 0 Å². The van der Waals surface area contributed by atoms with E-state index in [9.17, 15) is 0 Å². The summed E-state index contributed by atoms with van der Waals surface area (Å²) in [4.78, 5) is 0. The summed E-state index contributed by atoms with van der Waals surface area (Å²) in [6.45, 7) is 2.16. The van der Waals surface area contributed by atoms with Crippen LogP contribution in [0.15, 0.2) is 30.3 Å². The van der Waals surface area contributed by atoms with E-state index in [0.29, 0.717) is 0 Å². The zero-order chi connectivity index (χ0) is 8.13. The van der Waals surface area contributed by atoms with Crippen LogP contribution in [0, 0.1) is 5.92 Å². The highest BCUT2D eigenvalue weighted by Gasteiger charge is 2.47. The normalized spacial score (nSPS) is 33.2. The van der Waals surface area contributed by atoms with E-state index < -0.39 is 0 Å². The molecule has 1 saturated carbocycles. The van der Waals surface area contributed by atoms with E-state index in [-0.39, 0.29) is 0 Å². The Morgan fingerprint density at radius 2 is 2.08 bits per heavy atom. The summed E-state index contributed by atoms with van der Waals surface area (Å²) < 4.78 is 0. The van der Waals surface area contributed by atoms with E-state index in [1.807, 2.05) is 0 Å². The molecule has 2 atom stereocenters. The molecular weight excluding hydrogens is 144 g/mol. The lowest BCUT2D eigenvalue weighted by Crippen LogP contribution is -1.83. The summed E-state index contributed by atoms with van der Waals surface area (Å²) >= 11 is 0. The Kier molecular flexibility index (Phi) is 1.08. The van der Waals surface area contributed by atoms with Gasteiger partial charge in [-0.25, -0.2) is 0 Å². The van der Waals surface area contributed by atoms with Crippen molar-refractivity contribution in [2.45, 2.75) is 19.3 Å². The molecule has 0 spiro atoms. The molecular formula is C12H12. The van der Waals surface area contributed by atoms with Crippen molar-refractivity contribution >= 4 is 5.57 Å². The van der Waals surface area contributed by atoms with Gasteiger partial charge in [0.15, 0.2) is 0 Å². The molecule has 0 saturated heterocycles. The molecule has 2 aliphatic rings. The molecule has 0 amide bonds. The fourth-order valence-electron chi connectivity index (χ4n) is 2.53. The van der Waals surface area contributed by atoms with Crippen LogP contribution in [-0.2, 0) is 0 Å². The monoisotopic (exact) mass is 156 g/mol. The SMILES string of the molecule is C/C=C1\c2ccccc2C2CC12. The van der Waals surface area contributed by atoms with Crippen LogP contribution in [0.5, 0.6) is 0 Å². The van der Waals surface area contributed by atoms with Gasteiger partial charge in [0, 0.05) is 0 Å². The van der Waals surface area contributed by atoms with Crippen LogP contribution in [0.1, 0.15) is 30.4 Å². The molecule has 0 heterocycles. The zero-order valence-corrected chi connectivity index (χ0v) is 7.25. The highest BCUT2D eigenvalue weighted by atomic mass is 14.5. The molecule has 0 N–H and O–H groups in total. The maximum atomic E-state index is 2.29. The predicted octanol–water partition coefficient (Wildman–Crippen LogP) is 3.21. The third kappa shape index (κ3) is 0.632. The van der Waals surface area contributed by atoms with Gasteiger partial charge in [-0.3, -0.25) is 0 Å². The second-order valence-corrected chi connectivity index (χ2v) is 3.78. The van der Waals surface area contributed by atoms with E-state index in [2.05, 4.69) is 37.3 Å². The average Bonchev–Trinajstić information content (AvgIpc) is 2.83. The molecule has 0 heteroatoms. The van der Waals surface area contributed by atoms with Gasteiger partial charge >= 0.3 is 0 Å². The first kappa shape index (κ1) is 6.47. The van der Waals surface area contributed by atoms with Crippen LogP contribution < -0.4 is 0 Å². The number of hydrogen-bond donors (Lipinski definition) is 0. The Morgan fingerprint density at radius 1 is 1.25 bits per heavy atom. The van der Waals surface area contributed by atoms with Crippen molar-refractivity contribution in [2.75, 3.05) is 0 Å². The number of rotatable bonds is 0. The summed E-state index contributed by atoms with van der Waals surface area (Å²) in [5.74, 6) is 1.76. The number of allylic oxidation sites excluding steroid dienone is 2. The minimum atomic E-state index is 0.882. The fourth-order valence-corrected chi connectivity index (χ4v) is 2.53. The van der Waals surface area contributed by atoms with Crippen LogP contribution in [0.2, 0.25) is 0 Å². The third-order valence-electron chi connectivity index (χ3n) is 3.17. The van der Waals surface area contributed by atoms with Crippen molar-refractivity contribution < 1.29 is 0 Å². The van der Waals surface area contributed by atoms with E-state index in [4.69, 9.17) is 0 Å². The van der Waals surface area contributed by atoms with Crippen LogP contribution in [0.3, 0.4) is 0 Å². The average molecular weight is 156 g/mol. The molecule has 0 aliphatic heterocycles. The molecule has 3 rings (SSSR count). The fraction of sp³-hybridized carbons (Fsp3) is 0.333. The standard InChI is InChI=1S/C12H12/c1-2-8-9-5-3-4-6-10(9)12-7-11(8)12/h2-6,11-12H,7H2,1H3/b8-2+. The Balaban J connectivity index is 2.25. The molecule has 2 unspecified atom stereocenters. The second kappa shape index (κ2) is 2.01. The summed E-state index contributed by atoms with van der Waals surface area (Å²) in [7, 11) is 0. The number of fused-ring (bicyclic) bond motifs is 3. The molecule has 0 radical (unpaired) electrons. The lowest BCUT2D eigenvalue weighted by Gasteiger charge is -2.03. The second-order valence-electron chi connectivity index (χ2n) is 3.78. The highest BCUT2D eigenvalue weighted by molar-refractivity contribution is 5.79. The molecule has 0 nitrogen and oxygen atoms in total. The molecule has 1 aromatic carbocycles. The lowest BCUT2D eigenvalue weighted by atomic mass is 10.0. The molecule has 1 fully saturated rings.